The van der Waals surface area contributed by atoms with E-state index in [-0.39, 0.29) is 17.9 Å². The predicted molar refractivity (Wildman–Crippen MR) is 97.6 cm³/mol. The van der Waals surface area contributed by atoms with Crippen molar-refractivity contribution in [1.29, 1.82) is 0 Å². The molecule has 5 nitrogen and oxygen atoms in total. The minimum absolute atomic E-state index is 0.0213. The number of aryl methyl sites for hydroxylation is 2. The fourth-order valence-corrected chi connectivity index (χ4v) is 3.63. The van der Waals surface area contributed by atoms with Crippen molar-refractivity contribution in [3.05, 3.63) is 63.3 Å². The van der Waals surface area contributed by atoms with E-state index < -0.39 is 0 Å². The van der Waals surface area contributed by atoms with Gasteiger partial charge in [0, 0.05) is 24.3 Å². The Bertz CT molecular complexity index is 798. The van der Waals surface area contributed by atoms with Crippen molar-refractivity contribution in [2.24, 2.45) is 0 Å². The van der Waals surface area contributed by atoms with Gasteiger partial charge in [-0.15, -0.1) is 0 Å². The number of H-pyrrole nitrogens is 1. The topological polar surface area (TPSA) is 66.1 Å². The number of carbonyl (C=O) groups excluding carboxylic acids is 1. The SMILES string of the molecule is Cc1nc(C)c(CC(=O)N2CCC[C@H](c3ccccc3)CC2)c(=O)[nH]1. The van der Waals surface area contributed by atoms with Gasteiger partial charge >= 0.3 is 0 Å². The first kappa shape index (κ1) is 17.4. The summed E-state index contributed by atoms with van der Waals surface area (Å²) >= 11 is 0. The molecule has 1 aromatic carbocycles. The van der Waals surface area contributed by atoms with Gasteiger partial charge in [0.1, 0.15) is 5.82 Å². The van der Waals surface area contributed by atoms with Crippen molar-refractivity contribution in [1.82, 2.24) is 14.9 Å². The number of aromatic nitrogens is 2. The lowest BCUT2D eigenvalue weighted by molar-refractivity contribution is -0.130. The number of amides is 1. The van der Waals surface area contributed by atoms with Gasteiger partial charge in [0.05, 0.1) is 6.42 Å². The second kappa shape index (κ2) is 7.64. The molecule has 25 heavy (non-hydrogen) atoms. The third-order valence-electron chi connectivity index (χ3n) is 5.02. The lowest BCUT2D eigenvalue weighted by Gasteiger charge is -2.21. The fourth-order valence-electron chi connectivity index (χ4n) is 3.63. The molecule has 132 valence electrons. The van der Waals surface area contributed by atoms with E-state index in [9.17, 15) is 9.59 Å². The summed E-state index contributed by atoms with van der Waals surface area (Å²) in [5.41, 5.74) is 2.29. The number of likely N-dealkylation sites (tertiary alicyclic amines) is 1. The normalized spacial score (nSPS) is 18.0. The number of aromatic amines is 1. The van der Waals surface area contributed by atoms with Gasteiger partial charge in [0.25, 0.3) is 5.56 Å². The average molecular weight is 339 g/mol. The van der Waals surface area contributed by atoms with E-state index in [0.29, 0.717) is 23.0 Å². The Morgan fingerprint density at radius 2 is 1.96 bits per heavy atom. The Hall–Kier alpha value is -2.43. The zero-order chi connectivity index (χ0) is 17.8. The maximum atomic E-state index is 12.7. The molecule has 3 rings (SSSR count). The summed E-state index contributed by atoms with van der Waals surface area (Å²) < 4.78 is 0. The van der Waals surface area contributed by atoms with E-state index >= 15 is 0 Å². The first-order valence-electron chi connectivity index (χ1n) is 8.93. The molecule has 0 aliphatic carbocycles. The first-order valence-corrected chi connectivity index (χ1v) is 8.93. The lowest BCUT2D eigenvalue weighted by Crippen LogP contribution is -2.35. The number of carbonyl (C=O) groups is 1. The van der Waals surface area contributed by atoms with Crippen LogP contribution in [0.5, 0.6) is 0 Å². The van der Waals surface area contributed by atoms with Crippen LogP contribution in [0, 0.1) is 13.8 Å². The standard InChI is InChI=1S/C20H25N3O2/c1-14-18(20(25)22-15(2)21-14)13-19(24)23-11-6-9-17(10-12-23)16-7-4-3-5-8-16/h3-5,7-8,17H,6,9-13H2,1-2H3,(H,21,22,25)/t17-/m0/s1. The van der Waals surface area contributed by atoms with Gasteiger partial charge in [-0.25, -0.2) is 4.98 Å². The van der Waals surface area contributed by atoms with Gasteiger partial charge in [-0.2, -0.15) is 0 Å². The highest BCUT2D eigenvalue weighted by atomic mass is 16.2. The monoisotopic (exact) mass is 339 g/mol. The highest BCUT2D eigenvalue weighted by Gasteiger charge is 2.23. The molecular formula is C20H25N3O2. The molecule has 1 N–H and O–H groups in total. The van der Waals surface area contributed by atoms with E-state index in [0.717, 1.165) is 32.4 Å². The maximum absolute atomic E-state index is 12.7. The summed E-state index contributed by atoms with van der Waals surface area (Å²) in [6.07, 6.45) is 3.19. The van der Waals surface area contributed by atoms with Crippen LogP contribution in [0.4, 0.5) is 0 Å². The molecule has 2 aromatic rings. The van der Waals surface area contributed by atoms with Crippen LogP contribution in [-0.2, 0) is 11.2 Å². The highest BCUT2D eigenvalue weighted by Crippen LogP contribution is 2.28. The van der Waals surface area contributed by atoms with Crippen molar-refractivity contribution in [2.45, 2.75) is 45.4 Å². The average Bonchev–Trinajstić information content (AvgIpc) is 2.85. The van der Waals surface area contributed by atoms with Gasteiger partial charge in [0.15, 0.2) is 0 Å². The summed E-state index contributed by atoms with van der Waals surface area (Å²) in [4.78, 5) is 33.7. The molecule has 0 saturated carbocycles. The van der Waals surface area contributed by atoms with Crippen LogP contribution in [0.1, 0.15) is 47.8 Å². The summed E-state index contributed by atoms with van der Waals surface area (Å²) in [6, 6.07) is 10.5. The minimum atomic E-state index is -0.199. The number of hydrogen-bond acceptors (Lipinski definition) is 3. The summed E-state index contributed by atoms with van der Waals surface area (Å²) in [5, 5.41) is 0. The molecule has 1 aromatic heterocycles. The second-order valence-corrected chi connectivity index (χ2v) is 6.81. The number of nitrogens with zero attached hydrogens (tertiary/aromatic N) is 2. The molecule has 1 fully saturated rings. The molecule has 1 amide bonds. The van der Waals surface area contributed by atoms with Crippen LogP contribution in [0.2, 0.25) is 0 Å². The van der Waals surface area contributed by atoms with Gasteiger partial charge < -0.3 is 9.88 Å². The van der Waals surface area contributed by atoms with Gasteiger partial charge in [-0.05, 0) is 44.6 Å². The number of rotatable bonds is 3. The van der Waals surface area contributed by atoms with Crippen LogP contribution in [-0.4, -0.2) is 33.9 Å². The Balaban J connectivity index is 1.67. The summed E-state index contributed by atoms with van der Waals surface area (Å²) in [7, 11) is 0. The number of hydrogen-bond donors (Lipinski definition) is 1. The van der Waals surface area contributed by atoms with E-state index in [1.807, 2.05) is 11.0 Å². The molecule has 0 unspecified atom stereocenters. The van der Waals surface area contributed by atoms with Crippen LogP contribution in [0.3, 0.4) is 0 Å². The lowest BCUT2D eigenvalue weighted by atomic mass is 9.92. The molecule has 0 bridgehead atoms. The molecule has 1 atom stereocenters. The van der Waals surface area contributed by atoms with Crippen molar-refractivity contribution < 1.29 is 4.79 Å². The van der Waals surface area contributed by atoms with Crippen LogP contribution in [0.15, 0.2) is 35.1 Å². The van der Waals surface area contributed by atoms with Crippen molar-refractivity contribution >= 4 is 5.91 Å². The zero-order valence-electron chi connectivity index (χ0n) is 14.9. The molecule has 1 aliphatic heterocycles. The van der Waals surface area contributed by atoms with E-state index in [2.05, 4.69) is 34.2 Å². The maximum Gasteiger partial charge on any atom is 0.254 e. The van der Waals surface area contributed by atoms with E-state index in [4.69, 9.17) is 0 Å². The Labute approximate surface area is 148 Å². The van der Waals surface area contributed by atoms with Crippen LogP contribution in [0.25, 0.3) is 0 Å². The zero-order valence-corrected chi connectivity index (χ0v) is 14.9. The minimum Gasteiger partial charge on any atom is -0.342 e. The van der Waals surface area contributed by atoms with Crippen molar-refractivity contribution in [3.8, 4) is 0 Å². The molecule has 0 spiro atoms. The van der Waals surface area contributed by atoms with Crippen molar-refractivity contribution in [2.75, 3.05) is 13.1 Å². The van der Waals surface area contributed by atoms with Gasteiger partial charge in [0.2, 0.25) is 5.91 Å². The smallest absolute Gasteiger partial charge is 0.254 e. The highest BCUT2D eigenvalue weighted by molar-refractivity contribution is 5.79. The van der Waals surface area contributed by atoms with E-state index in [1.165, 1.54) is 5.56 Å². The second-order valence-electron chi connectivity index (χ2n) is 6.81. The first-order chi connectivity index (χ1) is 12.0. The van der Waals surface area contributed by atoms with Gasteiger partial charge in [-0.1, -0.05) is 30.3 Å². The Morgan fingerprint density at radius 3 is 2.68 bits per heavy atom. The summed E-state index contributed by atoms with van der Waals surface area (Å²) in [6.45, 7) is 5.05. The fraction of sp³-hybridized carbons (Fsp3) is 0.450. The summed E-state index contributed by atoms with van der Waals surface area (Å²) in [5.74, 6) is 1.11. The molecule has 1 aliphatic rings. The molecule has 0 radical (unpaired) electrons. The third kappa shape index (κ3) is 4.16. The largest absolute Gasteiger partial charge is 0.342 e. The number of benzene rings is 1. The Kier molecular flexibility index (Phi) is 5.31. The number of nitrogens with one attached hydrogen (secondary N) is 1. The predicted octanol–water partition coefficient (Wildman–Crippen LogP) is 2.73. The van der Waals surface area contributed by atoms with Gasteiger partial charge in [-0.3, -0.25) is 9.59 Å². The van der Waals surface area contributed by atoms with Crippen LogP contribution >= 0.6 is 0 Å². The van der Waals surface area contributed by atoms with E-state index in [1.54, 1.807) is 13.8 Å². The van der Waals surface area contributed by atoms with Crippen molar-refractivity contribution in [3.63, 3.8) is 0 Å². The molecule has 5 heteroatoms. The Morgan fingerprint density at radius 1 is 1.20 bits per heavy atom. The molecule has 1 saturated heterocycles. The van der Waals surface area contributed by atoms with Crippen LogP contribution < -0.4 is 5.56 Å². The third-order valence-corrected chi connectivity index (χ3v) is 5.02. The quantitative estimate of drug-likeness (QED) is 0.935. The molecule has 2 heterocycles. The molecular weight excluding hydrogens is 314 g/mol.